The normalized spacial score (nSPS) is 60.4. The highest BCUT2D eigenvalue weighted by Crippen LogP contribution is 2.79. The third-order valence-corrected chi connectivity index (χ3v) is 15.5. The highest BCUT2D eigenvalue weighted by molar-refractivity contribution is 5.36. The fraction of sp³-hybridized carbons (Fsp3) is 0.943. The molecule has 2 aliphatic heterocycles. The summed E-state index contributed by atoms with van der Waals surface area (Å²) in [7, 11) is 0. The summed E-state index contributed by atoms with van der Waals surface area (Å²) < 4.78 is 19.1. The maximum absolute atomic E-state index is 12.0. The van der Waals surface area contributed by atoms with Crippen molar-refractivity contribution in [2.75, 3.05) is 19.8 Å². The summed E-state index contributed by atoms with van der Waals surface area (Å²) in [6.07, 6.45) is 6.79. The van der Waals surface area contributed by atoms with Gasteiger partial charge in [0.2, 0.25) is 0 Å². The van der Waals surface area contributed by atoms with E-state index in [1.54, 1.807) is 0 Å². The van der Waals surface area contributed by atoms with Crippen molar-refractivity contribution >= 4 is 0 Å². The fourth-order valence-electron chi connectivity index (χ4n) is 12.6. The number of rotatable bonds is 3. The quantitative estimate of drug-likeness (QED) is 0.244. The third-order valence-electron chi connectivity index (χ3n) is 15.5. The number of allylic oxidation sites excluding steroid dienone is 1. The lowest BCUT2D eigenvalue weighted by Crippen LogP contribution is -2.72. The van der Waals surface area contributed by atoms with Crippen LogP contribution in [0.2, 0.25) is 0 Å². The van der Waals surface area contributed by atoms with Gasteiger partial charge in [-0.25, -0.2) is 0 Å². The van der Waals surface area contributed by atoms with Crippen molar-refractivity contribution < 1.29 is 39.7 Å². The molecule has 2 saturated heterocycles. The van der Waals surface area contributed by atoms with E-state index in [-0.39, 0.29) is 69.9 Å². The first kappa shape index (κ1) is 31.0. The van der Waals surface area contributed by atoms with Crippen LogP contribution in [0.5, 0.6) is 0 Å². The van der Waals surface area contributed by atoms with Crippen LogP contribution in [-0.4, -0.2) is 87.8 Å². The van der Waals surface area contributed by atoms with Gasteiger partial charge in [0.05, 0.1) is 37.6 Å². The van der Waals surface area contributed by atoms with Gasteiger partial charge in [-0.15, -0.1) is 0 Å². The molecule has 8 nitrogen and oxygen atoms in total. The van der Waals surface area contributed by atoms with E-state index in [2.05, 4.69) is 53.7 Å². The lowest BCUT2D eigenvalue weighted by Gasteiger charge is -2.73. The summed E-state index contributed by atoms with van der Waals surface area (Å²) in [6.45, 7) is 14.7. The molecule has 4 unspecified atom stereocenters. The maximum atomic E-state index is 12.0. The van der Waals surface area contributed by atoms with Crippen LogP contribution in [0.25, 0.3) is 0 Å². The van der Waals surface area contributed by atoms with Crippen LogP contribution in [0, 0.1) is 50.2 Å². The van der Waals surface area contributed by atoms with E-state index >= 15 is 0 Å². The van der Waals surface area contributed by atoms with Gasteiger partial charge in [-0.2, -0.15) is 0 Å². The molecule has 7 rings (SSSR count). The molecule has 5 N–H and O–H groups in total. The lowest BCUT2D eigenvalue weighted by atomic mass is 9.32. The van der Waals surface area contributed by atoms with E-state index in [0.29, 0.717) is 18.9 Å². The van der Waals surface area contributed by atoms with Gasteiger partial charge >= 0.3 is 0 Å². The molecule has 2 heterocycles. The zero-order chi connectivity index (χ0) is 31.0. The van der Waals surface area contributed by atoms with Crippen LogP contribution in [-0.2, 0) is 14.2 Å². The number of aliphatic hydroxyl groups excluding tert-OH is 5. The molecule has 0 radical (unpaired) electrons. The van der Waals surface area contributed by atoms with Crippen molar-refractivity contribution in [3.63, 3.8) is 0 Å². The number of hydrogen-bond donors (Lipinski definition) is 5. The maximum Gasteiger partial charge on any atom is 0.186 e. The Balaban J connectivity index is 1.23. The molecule has 7 aliphatic rings. The van der Waals surface area contributed by atoms with Crippen LogP contribution in [0.3, 0.4) is 0 Å². The molecule has 0 aromatic heterocycles. The van der Waals surface area contributed by atoms with Gasteiger partial charge in [0.1, 0.15) is 18.3 Å². The van der Waals surface area contributed by atoms with Crippen LogP contribution in [0.1, 0.15) is 92.9 Å². The Labute approximate surface area is 257 Å². The van der Waals surface area contributed by atoms with Crippen LogP contribution in [0.15, 0.2) is 12.2 Å². The molecular weight excluding hydrogens is 548 g/mol. The number of ether oxygens (including phenoxy) is 3. The van der Waals surface area contributed by atoms with Gasteiger partial charge in [0.15, 0.2) is 6.29 Å². The molecule has 244 valence electrons. The first-order chi connectivity index (χ1) is 20.0. The minimum absolute atomic E-state index is 0.0538. The van der Waals surface area contributed by atoms with Crippen molar-refractivity contribution in [1.29, 1.82) is 0 Å². The second-order valence-corrected chi connectivity index (χ2v) is 17.7. The Kier molecular flexibility index (Phi) is 6.85. The molecule has 6 fully saturated rings. The summed E-state index contributed by atoms with van der Waals surface area (Å²) in [5.41, 5.74) is -1.32. The van der Waals surface area contributed by atoms with Crippen LogP contribution >= 0.6 is 0 Å². The SMILES string of the molecule is CC1(C)CC[C@]23CO[C@@]4(C=CC5[C@@]6(C)CCC(O[C@@H]7OC[C@@H](O)[C@H](O)[C@H]7O)[C@@](C)(CO)C6CC[C@@]5(C)[C@]4(C)C[C@@H]2O)C3C1. The van der Waals surface area contributed by atoms with E-state index in [0.717, 1.165) is 44.9 Å². The number of hydrogen-bond acceptors (Lipinski definition) is 8. The van der Waals surface area contributed by atoms with Gasteiger partial charge in [0, 0.05) is 22.2 Å². The molecule has 5 aliphatic carbocycles. The van der Waals surface area contributed by atoms with Gasteiger partial charge in [-0.1, -0.05) is 53.7 Å². The van der Waals surface area contributed by atoms with Crippen LogP contribution < -0.4 is 0 Å². The number of fused-ring (bicyclic) bond motifs is 4. The zero-order valence-corrected chi connectivity index (χ0v) is 27.1. The Hall–Kier alpha value is -0.580. The first-order valence-electron chi connectivity index (χ1n) is 17.0. The summed E-state index contributed by atoms with van der Waals surface area (Å²) in [4.78, 5) is 0. The molecular formula is C35H56O8. The predicted octanol–water partition coefficient (Wildman–Crippen LogP) is 3.56. The average molecular weight is 605 g/mol. The van der Waals surface area contributed by atoms with Gasteiger partial charge in [-0.05, 0) is 79.4 Å². The Morgan fingerprint density at radius 1 is 0.860 bits per heavy atom. The highest BCUT2D eigenvalue weighted by Gasteiger charge is 2.79. The molecule has 0 aromatic carbocycles. The second-order valence-electron chi connectivity index (χ2n) is 17.7. The minimum atomic E-state index is -1.35. The lowest BCUT2D eigenvalue weighted by molar-refractivity contribution is -0.314. The molecule has 43 heavy (non-hydrogen) atoms. The van der Waals surface area contributed by atoms with E-state index in [1.165, 1.54) is 0 Å². The van der Waals surface area contributed by atoms with Crippen molar-refractivity contribution in [3.05, 3.63) is 12.2 Å². The summed E-state index contributed by atoms with van der Waals surface area (Å²) in [6, 6.07) is 0. The third kappa shape index (κ3) is 3.73. The monoisotopic (exact) mass is 604 g/mol. The number of aliphatic hydroxyl groups is 5. The van der Waals surface area contributed by atoms with Crippen molar-refractivity contribution in [2.24, 2.45) is 50.2 Å². The van der Waals surface area contributed by atoms with Crippen molar-refractivity contribution in [1.82, 2.24) is 0 Å². The van der Waals surface area contributed by atoms with Gasteiger partial charge in [0.25, 0.3) is 0 Å². The van der Waals surface area contributed by atoms with Crippen LogP contribution in [0.4, 0.5) is 0 Å². The minimum Gasteiger partial charge on any atom is -0.396 e. The van der Waals surface area contributed by atoms with Crippen molar-refractivity contribution in [2.45, 2.75) is 135 Å². The first-order valence-corrected chi connectivity index (χ1v) is 17.0. The predicted molar refractivity (Wildman–Crippen MR) is 160 cm³/mol. The van der Waals surface area contributed by atoms with E-state index in [9.17, 15) is 25.5 Å². The Morgan fingerprint density at radius 3 is 2.33 bits per heavy atom. The zero-order valence-electron chi connectivity index (χ0n) is 27.1. The van der Waals surface area contributed by atoms with E-state index in [1.807, 2.05) is 0 Å². The molecule has 2 bridgehead atoms. The average Bonchev–Trinajstić information content (AvgIpc) is 3.22. The molecule has 8 heteroatoms. The summed E-state index contributed by atoms with van der Waals surface area (Å²) >= 11 is 0. The second kappa shape index (κ2) is 9.50. The summed E-state index contributed by atoms with van der Waals surface area (Å²) in [5, 5.41) is 53.8. The largest absolute Gasteiger partial charge is 0.396 e. The topological polar surface area (TPSA) is 129 Å². The van der Waals surface area contributed by atoms with Crippen molar-refractivity contribution in [3.8, 4) is 0 Å². The Bertz CT molecular complexity index is 1160. The summed E-state index contributed by atoms with van der Waals surface area (Å²) in [5.74, 6) is 0.709. The molecule has 1 spiro atoms. The molecule has 4 saturated carbocycles. The molecule has 0 aromatic rings. The fourth-order valence-corrected chi connectivity index (χ4v) is 12.6. The molecule has 15 atom stereocenters. The van der Waals surface area contributed by atoms with Gasteiger partial charge in [-0.3, -0.25) is 0 Å². The molecule has 0 amide bonds. The smallest absolute Gasteiger partial charge is 0.186 e. The standard InChI is InChI=1S/C35H56O8/c1-29(2)13-14-34-19-42-35(23(34)15-29)12-8-22-30(3)10-9-25(43-28-27(40)26(39)20(37)17-41-28)31(4,18-36)21(30)7-11-32(22,5)33(35,6)16-24(34)38/h8,12,20-28,36-40H,7,9-11,13-19H2,1-6H3/t20-,21?,22?,23?,24+,25?,26+,27-,28+,30+,31+,32-,33+,34-,35+/m1/s1. The highest BCUT2D eigenvalue weighted by atomic mass is 16.7. The van der Waals surface area contributed by atoms with E-state index < -0.39 is 30.0 Å². The Morgan fingerprint density at radius 2 is 1.60 bits per heavy atom. The van der Waals surface area contributed by atoms with E-state index in [4.69, 9.17) is 14.2 Å². The van der Waals surface area contributed by atoms with Gasteiger partial charge < -0.3 is 39.7 Å².